The fraction of sp³-hybridized carbons (Fsp3) is 0.250. The van der Waals surface area contributed by atoms with E-state index in [9.17, 15) is 4.79 Å². The zero-order chi connectivity index (χ0) is 11.1. The molecular weight excluding hydrogens is 190 g/mol. The summed E-state index contributed by atoms with van der Waals surface area (Å²) in [4.78, 5) is 11.3. The van der Waals surface area contributed by atoms with Crippen molar-refractivity contribution in [3.8, 4) is 0 Å². The van der Waals surface area contributed by atoms with Crippen LogP contribution in [0.3, 0.4) is 0 Å². The number of nitrogens with two attached hydrogens (primary N) is 1. The van der Waals surface area contributed by atoms with Crippen LogP contribution in [-0.4, -0.2) is 5.91 Å². The van der Waals surface area contributed by atoms with E-state index in [1.54, 1.807) is 20.1 Å². The third kappa shape index (κ3) is 1.40. The predicted octanol–water partition coefficient (Wildman–Crippen LogP) is 2.20. The summed E-state index contributed by atoms with van der Waals surface area (Å²) in [6.45, 7) is 3.60. The molecule has 1 heterocycles. The van der Waals surface area contributed by atoms with Crippen LogP contribution in [0.15, 0.2) is 34.9 Å². The second-order valence-electron chi connectivity index (χ2n) is 4.13. The predicted molar refractivity (Wildman–Crippen MR) is 58.4 cm³/mol. The lowest BCUT2D eigenvalue weighted by atomic mass is 9.84. The van der Waals surface area contributed by atoms with Gasteiger partial charge in [-0.15, -0.1) is 0 Å². The number of carbonyl (C=O) groups excluding carboxylic acids is 1. The first kappa shape index (κ1) is 9.77. The SMILES string of the molecule is CC(C)(C(N)=O)c1coc2ccccc12. The van der Waals surface area contributed by atoms with Crippen molar-refractivity contribution in [2.24, 2.45) is 5.73 Å². The van der Waals surface area contributed by atoms with E-state index >= 15 is 0 Å². The first-order valence-electron chi connectivity index (χ1n) is 4.80. The molecular formula is C12H13NO2. The van der Waals surface area contributed by atoms with Gasteiger partial charge in [0.25, 0.3) is 0 Å². The molecule has 0 fully saturated rings. The van der Waals surface area contributed by atoms with Gasteiger partial charge in [0.1, 0.15) is 5.58 Å². The van der Waals surface area contributed by atoms with Crippen LogP contribution in [0, 0.1) is 0 Å². The molecule has 0 unspecified atom stereocenters. The largest absolute Gasteiger partial charge is 0.464 e. The minimum atomic E-state index is -0.702. The molecule has 1 aromatic carbocycles. The molecule has 0 aliphatic heterocycles. The number of para-hydroxylation sites is 1. The van der Waals surface area contributed by atoms with Crippen molar-refractivity contribution in [3.05, 3.63) is 36.1 Å². The quantitative estimate of drug-likeness (QED) is 0.813. The highest BCUT2D eigenvalue weighted by molar-refractivity contribution is 5.92. The molecule has 2 rings (SSSR count). The lowest BCUT2D eigenvalue weighted by molar-refractivity contribution is -0.122. The number of hydrogen-bond acceptors (Lipinski definition) is 2. The zero-order valence-corrected chi connectivity index (χ0v) is 8.78. The second-order valence-corrected chi connectivity index (χ2v) is 4.13. The smallest absolute Gasteiger partial charge is 0.227 e. The highest BCUT2D eigenvalue weighted by Gasteiger charge is 2.30. The fourth-order valence-corrected chi connectivity index (χ4v) is 1.59. The van der Waals surface area contributed by atoms with Gasteiger partial charge in [-0.05, 0) is 19.9 Å². The molecule has 0 saturated carbocycles. The Balaban J connectivity index is 2.67. The van der Waals surface area contributed by atoms with E-state index < -0.39 is 5.41 Å². The summed E-state index contributed by atoms with van der Waals surface area (Å²) >= 11 is 0. The van der Waals surface area contributed by atoms with Crippen LogP contribution in [0.2, 0.25) is 0 Å². The van der Waals surface area contributed by atoms with E-state index in [0.717, 1.165) is 16.5 Å². The monoisotopic (exact) mass is 203 g/mol. The summed E-state index contributed by atoms with van der Waals surface area (Å²) in [6.07, 6.45) is 1.61. The molecule has 0 bridgehead atoms. The number of rotatable bonds is 2. The molecule has 78 valence electrons. The molecule has 3 nitrogen and oxygen atoms in total. The highest BCUT2D eigenvalue weighted by atomic mass is 16.3. The maximum atomic E-state index is 11.3. The molecule has 0 aliphatic rings. The molecule has 0 saturated heterocycles. The normalized spacial score (nSPS) is 11.9. The van der Waals surface area contributed by atoms with E-state index in [2.05, 4.69) is 0 Å². The van der Waals surface area contributed by atoms with Crippen molar-refractivity contribution < 1.29 is 9.21 Å². The fourth-order valence-electron chi connectivity index (χ4n) is 1.59. The van der Waals surface area contributed by atoms with E-state index in [0.29, 0.717) is 0 Å². The Morgan fingerprint density at radius 1 is 1.33 bits per heavy atom. The Kier molecular flexibility index (Phi) is 2.03. The van der Waals surface area contributed by atoms with E-state index in [1.165, 1.54) is 0 Å². The first-order valence-corrected chi connectivity index (χ1v) is 4.80. The number of benzene rings is 1. The molecule has 0 aliphatic carbocycles. The van der Waals surface area contributed by atoms with E-state index in [4.69, 9.17) is 10.2 Å². The summed E-state index contributed by atoms with van der Waals surface area (Å²) in [6, 6.07) is 7.61. The lowest BCUT2D eigenvalue weighted by Crippen LogP contribution is -2.35. The van der Waals surface area contributed by atoms with Gasteiger partial charge in [-0.1, -0.05) is 18.2 Å². The average Bonchev–Trinajstić information content (AvgIpc) is 2.61. The summed E-state index contributed by atoms with van der Waals surface area (Å²) < 4.78 is 5.38. The van der Waals surface area contributed by atoms with Crippen LogP contribution in [0.4, 0.5) is 0 Å². The Labute approximate surface area is 87.9 Å². The molecule has 2 N–H and O–H groups in total. The van der Waals surface area contributed by atoms with Gasteiger partial charge in [-0.3, -0.25) is 4.79 Å². The van der Waals surface area contributed by atoms with Crippen molar-refractivity contribution >= 4 is 16.9 Å². The van der Waals surface area contributed by atoms with E-state index in [-0.39, 0.29) is 5.91 Å². The molecule has 2 aromatic rings. The molecule has 1 aromatic heterocycles. The topological polar surface area (TPSA) is 56.2 Å². The van der Waals surface area contributed by atoms with Crippen LogP contribution in [-0.2, 0) is 10.2 Å². The van der Waals surface area contributed by atoms with Crippen molar-refractivity contribution in [3.63, 3.8) is 0 Å². The zero-order valence-electron chi connectivity index (χ0n) is 8.78. The minimum Gasteiger partial charge on any atom is -0.464 e. The minimum absolute atomic E-state index is 0.353. The number of amides is 1. The van der Waals surface area contributed by atoms with Crippen LogP contribution in [0.25, 0.3) is 11.0 Å². The Morgan fingerprint density at radius 3 is 2.67 bits per heavy atom. The Morgan fingerprint density at radius 2 is 2.00 bits per heavy atom. The summed E-state index contributed by atoms with van der Waals surface area (Å²) in [5.74, 6) is -0.353. The van der Waals surface area contributed by atoms with Gasteiger partial charge < -0.3 is 10.2 Å². The number of fused-ring (bicyclic) bond motifs is 1. The molecule has 1 amide bonds. The van der Waals surface area contributed by atoms with Crippen molar-refractivity contribution in [1.82, 2.24) is 0 Å². The van der Waals surface area contributed by atoms with Crippen molar-refractivity contribution in [2.45, 2.75) is 19.3 Å². The van der Waals surface area contributed by atoms with Crippen LogP contribution in [0.1, 0.15) is 19.4 Å². The molecule has 15 heavy (non-hydrogen) atoms. The van der Waals surface area contributed by atoms with Gasteiger partial charge in [-0.25, -0.2) is 0 Å². The third-order valence-corrected chi connectivity index (χ3v) is 2.77. The van der Waals surface area contributed by atoms with E-state index in [1.807, 2.05) is 24.3 Å². The third-order valence-electron chi connectivity index (χ3n) is 2.77. The maximum absolute atomic E-state index is 11.3. The Bertz CT molecular complexity index is 511. The molecule has 0 radical (unpaired) electrons. The molecule has 3 heteroatoms. The number of carbonyl (C=O) groups is 1. The van der Waals surface area contributed by atoms with Gasteiger partial charge in [0.15, 0.2) is 0 Å². The molecule has 0 spiro atoms. The first-order chi connectivity index (χ1) is 7.03. The van der Waals surface area contributed by atoms with Gasteiger partial charge in [-0.2, -0.15) is 0 Å². The van der Waals surface area contributed by atoms with Crippen LogP contribution in [0.5, 0.6) is 0 Å². The standard InChI is InChI=1S/C12H13NO2/c1-12(2,11(13)14)9-7-15-10-6-4-3-5-8(9)10/h3-7H,1-2H3,(H2,13,14). The van der Waals surface area contributed by atoms with Crippen LogP contribution < -0.4 is 5.73 Å². The van der Waals surface area contributed by atoms with Gasteiger partial charge in [0.2, 0.25) is 5.91 Å². The summed E-state index contributed by atoms with van der Waals surface area (Å²) in [5, 5.41) is 0.946. The van der Waals surface area contributed by atoms with Gasteiger partial charge in [0.05, 0.1) is 11.7 Å². The number of furan rings is 1. The van der Waals surface area contributed by atoms with Crippen molar-refractivity contribution in [2.75, 3.05) is 0 Å². The second kappa shape index (κ2) is 3.12. The lowest BCUT2D eigenvalue weighted by Gasteiger charge is -2.18. The Hall–Kier alpha value is -1.77. The number of hydrogen-bond donors (Lipinski definition) is 1. The van der Waals surface area contributed by atoms with Crippen LogP contribution >= 0.6 is 0 Å². The van der Waals surface area contributed by atoms with Gasteiger partial charge >= 0.3 is 0 Å². The summed E-state index contributed by atoms with van der Waals surface area (Å²) in [7, 11) is 0. The van der Waals surface area contributed by atoms with Gasteiger partial charge in [0, 0.05) is 10.9 Å². The highest BCUT2D eigenvalue weighted by Crippen LogP contribution is 2.31. The number of primary amides is 1. The summed E-state index contributed by atoms with van der Waals surface area (Å²) in [5.41, 5.74) is 6.29. The van der Waals surface area contributed by atoms with Crippen molar-refractivity contribution in [1.29, 1.82) is 0 Å². The molecule has 0 atom stereocenters. The maximum Gasteiger partial charge on any atom is 0.227 e. The average molecular weight is 203 g/mol.